The summed E-state index contributed by atoms with van der Waals surface area (Å²) >= 11 is 0. The van der Waals surface area contributed by atoms with Crippen LogP contribution in [0.3, 0.4) is 0 Å². The average molecular weight is 295 g/mol. The standard InChI is InChI=1S/C13H31P.C2H4O2.H3N/c1-5-8-11-14(4,12-9-6-2)13-10-7-3;1-2(3)4;/h14H,5-13H2,1-4H3;1H3,(H,3,4);1H3. The number of hydrogen-bond donors (Lipinski definition) is 2. The number of carbonyl (C=O) groups is 1. The van der Waals surface area contributed by atoms with Crippen molar-refractivity contribution >= 4 is 13.2 Å². The second-order valence-corrected chi connectivity index (χ2v) is 10.8. The molecule has 0 aliphatic heterocycles. The van der Waals surface area contributed by atoms with E-state index < -0.39 is 13.2 Å². The third kappa shape index (κ3) is 20.3. The molecule has 3 nitrogen and oxygen atoms in total. The van der Waals surface area contributed by atoms with E-state index in [2.05, 4.69) is 27.4 Å². The molecule has 0 aliphatic rings. The number of aliphatic carboxylic acids is 1. The zero-order valence-electron chi connectivity index (χ0n) is 13.9. The third-order valence-corrected chi connectivity index (χ3v) is 8.08. The van der Waals surface area contributed by atoms with Crippen LogP contribution in [0, 0.1) is 0 Å². The SMILES string of the molecule is CC(=O)O.CCCC[PH](C)(CCCC)CCCC.N. The van der Waals surface area contributed by atoms with Crippen molar-refractivity contribution in [3.05, 3.63) is 0 Å². The summed E-state index contributed by atoms with van der Waals surface area (Å²) in [6.45, 7) is 10.7. The quantitative estimate of drug-likeness (QED) is 0.587. The minimum Gasteiger partial charge on any atom is -0.344 e. The maximum absolute atomic E-state index is 9.00. The molecule has 0 aromatic carbocycles. The van der Waals surface area contributed by atoms with E-state index in [-0.39, 0.29) is 6.15 Å². The Bertz CT molecular complexity index is 173. The predicted octanol–water partition coefficient (Wildman–Crippen LogP) is 5.02. The fourth-order valence-electron chi connectivity index (χ4n) is 2.19. The predicted molar refractivity (Wildman–Crippen MR) is 91.9 cm³/mol. The minimum atomic E-state index is -0.833. The number of rotatable bonds is 9. The van der Waals surface area contributed by atoms with Crippen molar-refractivity contribution in [2.45, 2.75) is 66.2 Å². The first kappa shape index (κ1) is 23.9. The molecule has 0 saturated carbocycles. The molecule has 0 unspecified atom stereocenters. The van der Waals surface area contributed by atoms with Crippen molar-refractivity contribution < 1.29 is 9.90 Å². The number of hydrogen-bond acceptors (Lipinski definition) is 2. The van der Waals surface area contributed by atoms with Crippen molar-refractivity contribution in [3.8, 4) is 0 Å². The van der Waals surface area contributed by atoms with Gasteiger partial charge in [0.05, 0.1) is 0 Å². The summed E-state index contributed by atoms with van der Waals surface area (Å²) in [5.41, 5.74) is 0. The van der Waals surface area contributed by atoms with Crippen LogP contribution in [-0.2, 0) is 4.79 Å². The molecule has 4 heteroatoms. The average Bonchev–Trinajstić information content (AvgIpc) is 2.31. The zero-order valence-corrected chi connectivity index (χ0v) is 14.9. The van der Waals surface area contributed by atoms with Crippen LogP contribution in [0.4, 0.5) is 0 Å². The van der Waals surface area contributed by atoms with Crippen LogP contribution in [0.1, 0.15) is 66.2 Å². The van der Waals surface area contributed by atoms with Gasteiger partial charge in [0, 0.05) is 6.92 Å². The smallest absolute Gasteiger partial charge is 0.344 e. The molecule has 0 saturated heterocycles. The Morgan fingerprint density at radius 1 is 0.895 bits per heavy atom. The second kappa shape index (κ2) is 15.9. The van der Waals surface area contributed by atoms with Crippen molar-refractivity contribution in [2.75, 3.05) is 25.2 Å². The molecular formula is C15H38NO2P. The van der Waals surface area contributed by atoms with Gasteiger partial charge in [0.15, 0.2) is 0 Å². The van der Waals surface area contributed by atoms with Gasteiger partial charge in [0.1, 0.15) is 0 Å². The normalized spacial score (nSPS) is 11.0. The topological polar surface area (TPSA) is 72.3 Å². The first-order valence-corrected chi connectivity index (χ1v) is 10.7. The van der Waals surface area contributed by atoms with E-state index in [1.54, 1.807) is 18.5 Å². The van der Waals surface area contributed by atoms with Crippen molar-refractivity contribution in [1.29, 1.82) is 0 Å². The van der Waals surface area contributed by atoms with E-state index in [9.17, 15) is 0 Å². The van der Waals surface area contributed by atoms with Gasteiger partial charge in [0.2, 0.25) is 0 Å². The Morgan fingerprint density at radius 3 is 1.26 bits per heavy atom. The van der Waals surface area contributed by atoms with E-state index in [0.29, 0.717) is 0 Å². The van der Waals surface area contributed by atoms with Crippen LogP contribution in [-0.4, -0.2) is 36.2 Å². The number of carboxylic acids is 1. The molecule has 0 rings (SSSR count). The van der Waals surface area contributed by atoms with Crippen LogP contribution in [0.25, 0.3) is 0 Å². The van der Waals surface area contributed by atoms with E-state index in [1.165, 1.54) is 38.5 Å². The molecule has 0 heterocycles. The first-order chi connectivity index (χ1) is 8.41. The molecule has 0 aromatic rings. The van der Waals surface area contributed by atoms with Crippen molar-refractivity contribution in [2.24, 2.45) is 0 Å². The van der Waals surface area contributed by atoms with E-state index in [0.717, 1.165) is 6.92 Å². The summed E-state index contributed by atoms with van der Waals surface area (Å²) in [5.74, 6) is -0.833. The summed E-state index contributed by atoms with van der Waals surface area (Å²) in [6.07, 6.45) is 13.4. The number of unbranched alkanes of at least 4 members (excludes halogenated alkanes) is 3. The van der Waals surface area contributed by atoms with Crippen molar-refractivity contribution in [1.82, 2.24) is 6.15 Å². The molecule has 19 heavy (non-hydrogen) atoms. The maximum Gasteiger partial charge on any atom is -0.344 e. The largest absolute Gasteiger partial charge is 0.344 e. The van der Waals surface area contributed by atoms with E-state index in [4.69, 9.17) is 9.90 Å². The zero-order chi connectivity index (χ0) is 14.4. The Labute approximate surface area is 121 Å². The van der Waals surface area contributed by atoms with Gasteiger partial charge in [-0.15, -0.1) is 0 Å². The van der Waals surface area contributed by atoms with Crippen LogP contribution in [0.2, 0.25) is 0 Å². The molecule has 0 radical (unpaired) electrons. The molecule has 0 spiro atoms. The molecule has 0 atom stereocenters. The Kier molecular flexibility index (Phi) is 20.0. The van der Waals surface area contributed by atoms with E-state index >= 15 is 0 Å². The number of carboxylic acid groups (broad SMARTS) is 1. The molecule has 0 amide bonds. The molecular weight excluding hydrogens is 257 g/mol. The monoisotopic (exact) mass is 295 g/mol. The van der Waals surface area contributed by atoms with Crippen LogP contribution in [0.15, 0.2) is 0 Å². The minimum absolute atomic E-state index is 0. The maximum atomic E-state index is 9.00. The summed E-state index contributed by atoms with van der Waals surface area (Å²) in [7, 11) is -0.812. The summed E-state index contributed by atoms with van der Waals surface area (Å²) in [5, 5.41) is 7.42. The van der Waals surface area contributed by atoms with Gasteiger partial charge in [-0.1, -0.05) is 0 Å². The first-order valence-electron chi connectivity index (χ1n) is 7.61. The molecule has 0 aromatic heterocycles. The molecule has 0 aliphatic carbocycles. The van der Waals surface area contributed by atoms with Crippen LogP contribution < -0.4 is 6.15 Å². The summed E-state index contributed by atoms with van der Waals surface area (Å²) < 4.78 is 0. The van der Waals surface area contributed by atoms with Gasteiger partial charge in [0.25, 0.3) is 5.97 Å². The van der Waals surface area contributed by atoms with Gasteiger partial charge in [-0.25, -0.2) is 0 Å². The van der Waals surface area contributed by atoms with Gasteiger partial charge >= 0.3 is 91.7 Å². The Balaban J connectivity index is -0.000000448. The molecule has 0 fully saturated rings. The van der Waals surface area contributed by atoms with Gasteiger partial charge in [-0.05, 0) is 0 Å². The Hall–Kier alpha value is -0.140. The second-order valence-electron chi connectivity index (χ2n) is 5.64. The van der Waals surface area contributed by atoms with E-state index in [1.807, 2.05) is 0 Å². The van der Waals surface area contributed by atoms with Gasteiger partial charge in [-0.3, -0.25) is 4.79 Å². The van der Waals surface area contributed by atoms with Gasteiger partial charge in [-0.2, -0.15) is 0 Å². The molecule has 4 N–H and O–H groups in total. The molecule has 0 bridgehead atoms. The fourth-order valence-corrected chi connectivity index (χ4v) is 6.56. The summed E-state index contributed by atoms with van der Waals surface area (Å²) in [6, 6.07) is 0. The van der Waals surface area contributed by atoms with Crippen molar-refractivity contribution in [3.63, 3.8) is 0 Å². The molecule has 120 valence electrons. The van der Waals surface area contributed by atoms with Gasteiger partial charge < -0.3 is 11.3 Å². The third-order valence-electron chi connectivity index (χ3n) is 3.40. The summed E-state index contributed by atoms with van der Waals surface area (Å²) in [4.78, 5) is 9.00. The van der Waals surface area contributed by atoms with Crippen LogP contribution >= 0.6 is 7.26 Å². The fraction of sp³-hybridized carbons (Fsp3) is 0.933. The Morgan fingerprint density at radius 2 is 1.11 bits per heavy atom. The van der Waals surface area contributed by atoms with Crippen LogP contribution in [0.5, 0.6) is 0 Å².